The molecule has 0 spiro atoms. The Morgan fingerprint density at radius 2 is 1.68 bits per heavy atom. The van der Waals surface area contributed by atoms with Gasteiger partial charge in [0.15, 0.2) is 5.82 Å². The van der Waals surface area contributed by atoms with Gasteiger partial charge in [-0.3, -0.25) is 14.5 Å². The molecule has 1 aliphatic heterocycles. The number of carbonyl (C=O) groups is 2. The fraction of sp³-hybridized carbons (Fsp3) is 0.487. The molecule has 264 valence electrons. The van der Waals surface area contributed by atoms with E-state index in [2.05, 4.69) is 59.7 Å². The lowest BCUT2D eigenvalue weighted by atomic mass is 9.49. The van der Waals surface area contributed by atoms with Crippen LogP contribution in [0.15, 0.2) is 67.4 Å². The van der Waals surface area contributed by atoms with Crippen molar-refractivity contribution in [3.8, 4) is 0 Å². The Hall–Kier alpha value is -4.15. The summed E-state index contributed by atoms with van der Waals surface area (Å²) in [5, 5.41) is 13.0. The molecule has 4 bridgehead atoms. The van der Waals surface area contributed by atoms with Crippen molar-refractivity contribution in [3.05, 3.63) is 78.0 Å². The van der Waals surface area contributed by atoms with Crippen LogP contribution in [0.5, 0.6) is 0 Å². The molecule has 2 aromatic carbocycles. The summed E-state index contributed by atoms with van der Waals surface area (Å²) in [4.78, 5) is 38.4. The molecule has 10 nitrogen and oxygen atoms in total. The van der Waals surface area contributed by atoms with Gasteiger partial charge in [-0.15, -0.1) is 0 Å². The maximum atomic E-state index is 12.9. The van der Waals surface area contributed by atoms with Crippen molar-refractivity contribution in [2.75, 3.05) is 60.1 Å². The number of halogens is 1. The van der Waals surface area contributed by atoms with Crippen molar-refractivity contribution in [2.45, 2.75) is 57.9 Å². The number of rotatable bonds is 14. The van der Waals surface area contributed by atoms with Gasteiger partial charge in [-0.2, -0.15) is 4.98 Å². The molecular weight excluding hydrogens is 648 g/mol. The number of hydrogen-bond donors (Lipinski definition) is 4. The van der Waals surface area contributed by atoms with E-state index in [9.17, 15) is 9.59 Å². The van der Waals surface area contributed by atoms with Gasteiger partial charge in [0.25, 0.3) is 0 Å². The molecule has 0 radical (unpaired) electrons. The van der Waals surface area contributed by atoms with E-state index in [1.165, 1.54) is 50.3 Å². The van der Waals surface area contributed by atoms with Crippen LogP contribution in [-0.4, -0.2) is 66.0 Å². The van der Waals surface area contributed by atoms with Gasteiger partial charge in [-0.05, 0) is 123 Å². The Labute approximate surface area is 300 Å². The average molecular weight is 697 g/mol. The fourth-order valence-corrected chi connectivity index (χ4v) is 9.40. The van der Waals surface area contributed by atoms with Crippen LogP contribution in [0, 0.1) is 23.2 Å². The van der Waals surface area contributed by atoms with E-state index in [4.69, 9.17) is 11.6 Å². The second kappa shape index (κ2) is 15.4. The van der Waals surface area contributed by atoms with Crippen molar-refractivity contribution < 1.29 is 9.59 Å². The van der Waals surface area contributed by atoms with Gasteiger partial charge in [0.2, 0.25) is 17.8 Å². The van der Waals surface area contributed by atoms with Crippen molar-refractivity contribution in [2.24, 2.45) is 23.2 Å². The van der Waals surface area contributed by atoms with E-state index in [1.807, 2.05) is 36.4 Å². The topological polar surface area (TPSA) is 115 Å². The zero-order valence-electron chi connectivity index (χ0n) is 28.8. The summed E-state index contributed by atoms with van der Waals surface area (Å²) in [5.41, 5.74) is 4.04. The summed E-state index contributed by atoms with van der Waals surface area (Å²) in [6, 6.07) is 15.9. The van der Waals surface area contributed by atoms with Crippen LogP contribution in [0.25, 0.3) is 0 Å². The second-order valence-corrected chi connectivity index (χ2v) is 15.3. The number of amides is 2. The Bertz CT molecular complexity index is 1640. The molecule has 2 amide bonds. The summed E-state index contributed by atoms with van der Waals surface area (Å²) >= 11 is 6.39. The second-order valence-electron chi connectivity index (χ2n) is 14.9. The minimum absolute atomic E-state index is 0.258. The van der Waals surface area contributed by atoms with E-state index >= 15 is 0 Å². The molecule has 11 heteroatoms. The number of nitrogens with zero attached hydrogens (tertiary/aromatic N) is 4. The van der Waals surface area contributed by atoms with Gasteiger partial charge in [-0.1, -0.05) is 30.3 Å². The van der Waals surface area contributed by atoms with Crippen LogP contribution >= 0.6 is 11.6 Å². The number of anilines is 5. The minimum Gasteiger partial charge on any atom is -0.369 e. The van der Waals surface area contributed by atoms with Crippen LogP contribution in [0.4, 0.5) is 28.8 Å². The quantitative estimate of drug-likeness (QED) is 0.107. The molecule has 5 fully saturated rings. The Morgan fingerprint density at radius 3 is 2.38 bits per heavy atom. The molecule has 2 heterocycles. The summed E-state index contributed by atoms with van der Waals surface area (Å²) < 4.78 is 0. The Kier molecular flexibility index (Phi) is 10.6. The van der Waals surface area contributed by atoms with Gasteiger partial charge >= 0.3 is 0 Å². The van der Waals surface area contributed by atoms with Crippen molar-refractivity contribution in [3.63, 3.8) is 0 Å². The van der Waals surface area contributed by atoms with Gasteiger partial charge < -0.3 is 26.2 Å². The van der Waals surface area contributed by atoms with Crippen LogP contribution in [0.3, 0.4) is 0 Å². The molecule has 8 rings (SSSR count). The zero-order chi connectivity index (χ0) is 34.5. The maximum Gasteiger partial charge on any atom is 0.247 e. The highest BCUT2D eigenvalue weighted by Gasteiger charge is 2.51. The predicted octanol–water partition coefficient (Wildman–Crippen LogP) is 6.85. The van der Waals surface area contributed by atoms with Crippen LogP contribution in [-0.2, 0) is 16.1 Å². The lowest BCUT2D eigenvalue weighted by Gasteiger charge is -2.56. The highest BCUT2D eigenvalue weighted by Crippen LogP contribution is 2.61. The number of carbonyl (C=O) groups excluding carboxylic acids is 2. The Balaban J connectivity index is 0.820. The average Bonchev–Trinajstić information content (AvgIpc) is 3.10. The molecule has 4 aliphatic carbocycles. The van der Waals surface area contributed by atoms with E-state index in [-0.39, 0.29) is 11.8 Å². The van der Waals surface area contributed by atoms with Crippen LogP contribution in [0.1, 0.15) is 56.9 Å². The van der Waals surface area contributed by atoms with E-state index < -0.39 is 0 Å². The molecule has 1 aromatic heterocycles. The van der Waals surface area contributed by atoms with Crippen LogP contribution in [0.2, 0.25) is 5.02 Å². The van der Waals surface area contributed by atoms with Crippen molar-refractivity contribution in [1.29, 1.82) is 0 Å². The lowest BCUT2D eigenvalue weighted by Crippen LogP contribution is -2.48. The van der Waals surface area contributed by atoms with Gasteiger partial charge in [0.05, 0.1) is 6.20 Å². The standard InChI is InChI=1S/C39H49ClN8O2/c1-2-35(49)44-32-6-3-5-27(20-32)25-42-37-34(40)26-43-38(46-37)45-31-7-9-33(10-8-31)48-15-13-47(14-16-48)12-4-11-41-36(50)24-39-21-28-17-29(22-39)19-30(18-28)23-39/h2-3,5-10,20,26,28-30H,1,4,11-19,21-25H2,(H,41,50)(H,44,49)(H2,42,43,45,46). The molecule has 4 N–H and O–H groups in total. The first-order valence-electron chi connectivity index (χ1n) is 18.2. The molecule has 50 heavy (non-hydrogen) atoms. The number of aromatic nitrogens is 2. The maximum absolute atomic E-state index is 12.9. The molecular formula is C39H49ClN8O2. The normalized spacial score (nSPS) is 24.1. The molecule has 3 aromatic rings. The van der Waals surface area contributed by atoms with E-state index in [0.29, 0.717) is 34.4 Å². The van der Waals surface area contributed by atoms with E-state index in [0.717, 1.165) is 81.1 Å². The van der Waals surface area contributed by atoms with Gasteiger partial charge in [0.1, 0.15) is 5.02 Å². The smallest absolute Gasteiger partial charge is 0.247 e. The molecule has 4 saturated carbocycles. The zero-order valence-corrected chi connectivity index (χ0v) is 29.6. The SMILES string of the molecule is C=CC(=O)Nc1cccc(CNc2nc(Nc3ccc(N4CCN(CCCNC(=O)CC56CC7CC(CC(C7)C5)C6)CC4)cc3)ncc2Cl)c1. The van der Waals surface area contributed by atoms with Gasteiger partial charge in [0, 0.05) is 62.8 Å². The summed E-state index contributed by atoms with van der Waals surface area (Å²) in [6.07, 6.45) is 12.7. The third-order valence-corrected chi connectivity index (χ3v) is 11.4. The first-order chi connectivity index (χ1) is 24.3. The minimum atomic E-state index is -0.258. The Morgan fingerprint density at radius 1 is 0.960 bits per heavy atom. The third-order valence-electron chi connectivity index (χ3n) is 11.1. The first kappa shape index (κ1) is 34.3. The molecule has 0 atom stereocenters. The number of piperazine rings is 1. The monoisotopic (exact) mass is 696 g/mol. The lowest BCUT2D eigenvalue weighted by molar-refractivity contribution is -0.129. The van der Waals surface area contributed by atoms with Crippen molar-refractivity contribution >= 4 is 52.2 Å². The van der Waals surface area contributed by atoms with Crippen LogP contribution < -0.4 is 26.2 Å². The number of hydrogen-bond acceptors (Lipinski definition) is 8. The summed E-state index contributed by atoms with van der Waals surface area (Å²) in [6.45, 7) is 9.74. The summed E-state index contributed by atoms with van der Waals surface area (Å²) in [5.74, 6) is 3.66. The number of benzene rings is 2. The predicted molar refractivity (Wildman–Crippen MR) is 201 cm³/mol. The molecule has 1 saturated heterocycles. The van der Waals surface area contributed by atoms with E-state index in [1.54, 1.807) is 6.20 Å². The fourth-order valence-electron chi connectivity index (χ4n) is 9.24. The summed E-state index contributed by atoms with van der Waals surface area (Å²) in [7, 11) is 0. The molecule has 0 unspecified atom stereocenters. The molecule has 5 aliphatic rings. The highest BCUT2D eigenvalue weighted by atomic mass is 35.5. The largest absolute Gasteiger partial charge is 0.369 e. The highest BCUT2D eigenvalue weighted by molar-refractivity contribution is 6.32. The number of nitrogens with one attached hydrogen (secondary N) is 4. The first-order valence-corrected chi connectivity index (χ1v) is 18.6. The van der Waals surface area contributed by atoms with Gasteiger partial charge in [-0.25, -0.2) is 4.98 Å². The third kappa shape index (κ3) is 8.58. The van der Waals surface area contributed by atoms with Crippen molar-refractivity contribution in [1.82, 2.24) is 20.2 Å².